The van der Waals surface area contributed by atoms with Crippen molar-refractivity contribution in [2.24, 2.45) is 5.92 Å². The van der Waals surface area contributed by atoms with Gasteiger partial charge in [0.25, 0.3) is 0 Å². The number of hydrogen-bond acceptors (Lipinski definition) is 3. The molecule has 1 aliphatic rings. The van der Waals surface area contributed by atoms with E-state index >= 15 is 0 Å². The maximum absolute atomic E-state index is 5.48. The molecule has 0 fully saturated rings. The molecule has 0 atom stereocenters. The van der Waals surface area contributed by atoms with Crippen LogP contribution in [0, 0.1) is 5.92 Å². The Morgan fingerprint density at radius 1 is 1.55 bits per heavy atom. The molecule has 0 spiro atoms. The first-order valence-electron chi connectivity index (χ1n) is 3.90. The zero-order valence-corrected chi connectivity index (χ0v) is 8.12. The first-order valence-corrected chi connectivity index (χ1v) is 5.13. The molecule has 0 aromatic rings. The fourth-order valence-electron chi connectivity index (χ4n) is 1.09. The van der Waals surface area contributed by atoms with Crippen molar-refractivity contribution in [2.45, 2.75) is 13.8 Å². The van der Waals surface area contributed by atoms with Gasteiger partial charge in [-0.2, -0.15) is 0 Å². The van der Waals surface area contributed by atoms with Gasteiger partial charge < -0.3 is 10.1 Å². The van der Waals surface area contributed by atoms with Gasteiger partial charge in [0.15, 0.2) is 5.09 Å². The van der Waals surface area contributed by atoms with E-state index in [-0.39, 0.29) is 0 Å². The van der Waals surface area contributed by atoms with Gasteiger partial charge in [-0.15, -0.1) is 0 Å². The summed E-state index contributed by atoms with van der Waals surface area (Å²) in [6.45, 7) is 6.09. The van der Waals surface area contributed by atoms with Crippen LogP contribution >= 0.6 is 11.8 Å². The minimum Gasteiger partial charge on any atom is -0.484 e. The van der Waals surface area contributed by atoms with Crippen LogP contribution in [0.4, 0.5) is 0 Å². The Morgan fingerprint density at radius 3 is 2.73 bits per heavy atom. The van der Waals surface area contributed by atoms with Crippen LogP contribution in [0.15, 0.2) is 10.8 Å². The minimum absolute atomic E-state index is 0.540. The van der Waals surface area contributed by atoms with Crippen molar-refractivity contribution in [3.8, 4) is 0 Å². The van der Waals surface area contributed by atoms with Gasteiger partial charge in [0.1, 0.15) is 6.61 Å². The van der Waals surface area contributed by atoms with Crippen molar-refractivity contribution in [1.82, 2.24) is 5.32 Å². The summed E-state index contributed by atoms with van der Waals surface area (Å²) in [7, 11) is 0. The molecular weight excluding hydrogens is 158 g/mol. The molecule has 0 unspecified atom stereocenters. The van der Waals surface area contributed by atoms with Crippen LogP contribution in [0.2, 0.25) is 0 Å². The topological polar surface area (TPSA) is 21.3 Å². The average molecular weight is 173 g/mol. The van der Waals surface area contributed by atoms with Gasteiger partial charge in [0.2, 0.25) is 0 Å². The molecule has 64 valence electrons. The lowest BCUT2D eigenvalue weighted by atomic mass is 10.1. The number of allylic oxidation sites excluding steroid dienone is 1. The van der Waals surface area contributed by atoms with Gasteiger partial charge in [0.05, 0.1) is 5.70 Å². The molecule has 0 aliphatic carbocycles. The second-order valence-corrected chi connectivity index (χ2v) is 3.61. The molecule has 2 nitrogen and oxygen atoms in total. The third-order valence-corrected chi connectivity index (χ3v) is 2.34. The predicted molar refractivity (Wildman–Crippen MR) is 49.3 cm³/mol. The number of thioether (sulfide) groups is 1. The highest BCUT2D eigenvalue weighted by molar-refractivity contribution is 8.02. The molecule has 1 rings (SSSR count). The number of ether oxygens (including phenoxy) is 1. The highest BCUT2D eigenvalue weighted by Gasteiger charge is 2.14. The number of nitrogens with one attached hydrogen (secondary N) is 1. The van der Waals surface area contributed by atoms with E-state index in [1.54, 1.807) is 11.8 Å². The predicted octanol–water partition coefficient (Wildman–Crippen LogP) is 1.79. The molecular formula is C8H15NOS. The lowest BCUT2D eigenvalue weighted by molar-refractivity contribution is 0.212. The van der Waals surface area contributed by atoms with Crippen LogP contribution in [0.5, 0.6) is 0 Å². The first-order chi connectivity index (χ1) is 5.25. The van der Waals surface area contributed by atoms with Crippen molar-refractivity contribution in [3.63, 3.8) is 0 Å². The van der Waals surface area contributed by atoms with Crippen LogP contribution in [0.1, 0.15) is 13.8 Å². The highest BCUT2D eigenvalue weighted by atomic mass is 32.2. The summed E-state index contributed by atoms with van der Waals surface area (Å²) >= 11 is 1.68. The van der Waals surface area contributed by atoms with E-state index in [0.29, 0.717) is 5.92 Å². The van der Waals surface area contributed by atoms with Gasteiger partial charge in [-0.25, -0.2) is 0 Å². The standard InChI is InChI=1S/C8H15NOS/c1-6(2)7-8(11-3)10-5-4-9-7/h6,9H,4-5H2,1-3H3. The van der Waals surface area contributed by atoms with Gasteiger partial charge in [-0.3, -0.25) is 0 Å². The van der Waals surface area contributed by atoms with E-state index in [0.717, 1.165) is 18.2 Å². The molecule has 0 radical (unpaired) electrons. The lowest BCUT2D eigenvalue weighted by Gasteiger charge is -2.23. The maximum atomic E-state index is 5.48. The summed E-state index contributed by atoms with van der Waals surface area (Å²) in [5.41, 5.74) is 1.25. The molecule has 0 aromatic carbocycles. The molecule has 0 saturated heterocycles. The molecule has 0 bridgehead atoms. The van der Waals surface area contributed by atoms with Gasteiger partial charge in [0, 0.05) is 6.54 Å². The number of rotatable bonds is 2. The fourth-order valence-corrected chi connectivity index (χ4v) is 1.82. The molecule has 11 heavy (non-hydrogen) atoms. The van der Waals surface area contributed by atoms with E-state index in [9.17, 15) is 0 Å². The summed E-state index contributed by atoms with van der Waals surface area (Å²) < 4.78 is 5.48. The second kappa shape index (κ2) is 3.90. The minimum atomic E-state index is 0.540. The Balaban J connectivity index is 2.73. The normalized spacial score (nSPS) is 18.2. The quantitative estimate of drug-likeness (QED) is 0.688. The smallest absolute Gasteiger partial charge is 0.172 e. The lowest BCUT2D eigenvalue weighted by Crippen LogP contribution is -2.28. The summed E-state index contributed by atoms with van der Waals surface area (Å²) in [4.78, 5) is 0. The number of hydrogen-bond donors (Lipinski definition) is 1. The van der Waals surface area contributed by atoms with Crippen molar-refractivity contribution >= 4 is 11.8 Å². The molecule has 1 heterocycles. The Kier molecular flexibility index (Phi) is 3.12. The Hall–Kier alpha value is -0.310. The molecule has 3 heteroatoms. The molecule has 0 amide bonds. The molecule has 0 aromatic heterocycles. The zero-order valence-electron chi connectivity index (χ0n) is 7.31. The zero-order chi connectivity index (χ0) is 8.27. The van der Waals surface area contributed by atoms with E-state index in [4.69, 9.17) is 4.74 Å². The van der Waals surface area contributed by atoms with Crippen molar-refractivity contribution in [3.05, 3.63) is 10.8 Å². The van der Waals surface area contributed by atoms with Crippen molar-refractivity contribution < 1.29 is 4.74 Å². The van der Waals surface area contributed by atoms with Crippen molar-refractivity contribution in [1.29, 1.82) is 0 Å². The average Bonchev–Trinajstić information content (AvgIpc) is 2.04. The highest BCUT2D eigenvalue weighted by Crippen LogP contribution is 2.23. The summed E-state index contributed by atoms with van der Waals surface area (Å²) in [5.74, 6) is 0.540. The first kappa shape index (κ1) is 8.78. The van der Waals surface area contributed by atoms with E-state index in [1.807, 2.05) is 6.26 Å². The van der Waals surface area contributed by atoms with Gasteiger partial charge in [-0.05, 0) is 12.2 Å². The molecule has 1 aliphatic heterocycles. The van der Waals surface area contributed by atoms with Gasteiger partial charge >= 0.3 is 0 Å². The summed E-state index contributed by atoms with van der Waals surface area (Å²) in [6, 6.07) is 0. The summed E-state index contributed by atoms with van der Waals surface area (Å²) in [6.07, 6.45) is 2.05. The van der Waals surface area contributed by atoms with Gasteiger partial charge in [-0.1, -0.05) is 25.6 Å². The molecule has 1 N–H and O–H groups in total. The maximum Gasteiger partial charge on any atom is 0.172 e. The second-order valence-electron chi connectivity index (χ2n) is 2.84. The fraction of sp³-hybridized carbons (Fsp3) is 0.750. The van der Waals surface area contributed by atoms with Crippen LogP contribution in [-0.4, -0.2) is 19.4 Å². The van der Waals surface area contributed by atoms with E-state index in [2.05, 4.69) is 19.2 Å². The molecule has 0 saturated carbocycles. The van der Waals surface area contributed by atoms with Crippen molar-refractivity contribution in [2.75, 3.05) is 19.4 Å². The Bertz CT molecular complexity index is 165. The van der Waals surface area contributed by atoms with Crippen LogP contribution in [0.25, 0.3) is 0 Å². The SMILES string of the molecule is CSC1=C(C(C)C)NCCO1. The Morgan fingerprint density at radius 2 is 2.27 bits per heavy atom. The van der Waals surface area contributed by atoms with Crippen LogP contribution < -0.4 is 5.32 Å². The van der Waals surface area contributed by atoms with Crippen LogP contribution in [-0.2, 0) is 4.74 Å². The van der Waals surface area contributed by atoms with E-state index < -0.39 is 0 Å². The van der Waals surface area contributed by atoms with E-state index in [1.165, 1.54) is 5.70 Å². The third-order valence-electron chi connectivity index (χ3n) is 1.63. The summed E-state index contributed by atoms with van der Waals surface area (Å²) in [5, 5.41) is 4.41. The monoisotopic (exact) mass is 173 g/mol. The largest absolute Gasteiger partial charge is 0.484 e. The van der Waals surface area contributed by atoms with Crippen LogP contribution in [0.3, 0.4) is 0 Å². The Labute approximate surface area is 72.4 Å². The third kappa shape index (κ3) is 2.06.